The van der Waals surface area contributed by atoms with Gasteiger partial charge in [-0.25, -0.2) is 4.79 Å². The first-order valence-electron chi connectivity index (χ1n) is 10.5. The summed E-state index contributed by atoms with van der Waals surface area (Å²) < 4.78 is 32.0. The molecule has 1 unspecified atom stereocenters. The van der Waals surface area contributed by atoms with Crippen LogP contribution in [0.2, 0.25) is 0 Å². The van der Waals surface area contributed by atoms with Gasteiger partial charge in [0.25, 0.3) is 10.1 Å². The van der Waals surface area contributed by atoms with Crippen molar-refractivity contribution in [2.75, 3.05) is 24.8 Å². The van der Waals surface area contributed by atoms with Gasteiger partial charge >= 0.3 is 5.97 Å². The molecule has 9 heteroatoms. The normalized spacial score (nSPS) is 12.0. The first-order chi connectivity index (χ1) is 16.2. The zero-order valence-corrected chi connectivity index (χ0v) is 19.3. The van der Waals surface area contributed by atoms with Crippen LogP contribution in [0.3, 0.4) is 0 Å². The van der Waals surface area contributed by atoms with E-state index in [1.54, 1.807) is 72.8 Å². The first-order valence-corrected chi connectivity index (χ1v) is 12.3. The van der Waals surface area contributed by atoms with Crippen molar-refractivity contribution in [1.82, 2.24) is 0 Å². The Kier molecular flexibility index (Phi) is 8.39. The molecule has 3 rings (SSSR count). The number of carbonyl (C=O) groups is 2. The molecule has 0 saturated heterocycles. The number of carboxylic acid groups (broad SMARTS) is 1. The number of hydrogen-bond acceptors (Lipinski definition) is 7. The molecule has 0 fully saturated rings. The lowest BCUT2D eigenvalue weighted by Gasteiger charge is -2.18. The predicted octanol–water partition coefficient (Wildman–Crippen LogP) is 3.38. The zero-order valence-electron chi connectivity index (χ0n) is 18.5. The summed E-state index contributed by atoms with van der Waals surface area (Å²) in [7, 11) is -3.52. The third-order valence-electron chi connectivity index (χ3n) is 4.85. The summed E-state index contributed by atoms with van der Waals surface area (Å²) in [5.41, 5.74) is 2.09. The van der Waals surface area contributed by atoms with Crippen LogP contribution in [-0.2, 0) is 25.5 Å². The predicted molar refractivity (Wildman–Crippen MR) is 128 cm³/mol. The first kappa shape index (κ1) is 24.9. The van der Waals surface area contributed by atoms with Crippen LogP contribution in [0.4, 0.5) is 5.69 Å². The van der Waals surface area contributed by atoms with Gasteiger partial charge in [-0.1, -0.05) is 54.6 Å². The minimum atomic E-state index is -3.52. The molecule has 0 aliphatic carbocycles. The number of hydrogen-bond donors (Lipinski definition) is 2. The molecule has 0 amide bonds. The number of benzene rings is 3. The molecule has 178 valence electrons. The third kappa shape index (κ3) is 7.43. The number of ether oxygens (including phenoxy) is 1. The second kappa shape index (κ2) is 11.4. The molecule has 0 radical (unpaired) electrons. The van der Waals surface area contributed by atoms with E-state index in [4.69, 9.17) is 4.74 Å². The smallest absolute Gasteiger partial charge is 0.326 e. The molecule has 3 aromatic rings. The fourth-order valence-corrected chi connectivity index (χ4v) is 3.61. The van der Waals surface area contributed by atoms with Crippen LogP contribution < -0.4 is 10.1 Å². The minimum Gasteiger partial charge on any atom is -0.491 e. The average Bonchev–Trinajstić information content (AvgIpc) is 2.82. The summed E-state index contributed by atoms with van der Waals surface area (Å²) in [6.07, 6.45) is 1.13. The third-order valence-corrected chi connectivity index (χ3v) is 5.44. The number of carboxylic acids is 1. The molecule has 0 aliphatic rings. The molecule has 0 aliphatic heterocycles. The second-order valence-electron chi connectivity index (χ2n) is 7.50. The fourth-order valence-electron chi connectivity index (χ4n) is 3.24. The molecule has 3 aromatic carbocycles. The van der Waals surface area contributed by atoms with Gasteiger partial charge in [-0.3, -0.25) is 8.98 Å². The molecule has 1 atom stereocenters. The fraction of sp³-hybridized carbons (Fsp3) is 0.200. The Morgan fingerprint density at radius 2 is 1.56 bits per heavy atom. The Hall–Kier alpha value is -3.69. The summed E-state index contributed by atoms with van der Waals surface area (Å²) >= 11 is 0. The van der Waals surface area contributed by atoms with E-state index in [9.17, 15) is 23.1 Å². The van der Waals surface area contributed by atoms with E-state index in [2.05, 4.69) is 9.50 Å². The maximum absolute atomic E-state index is 12.9. The molecule has 0 heterocycles. The minimum absolute atomic E-state index is 0.0535. The summed E-state index contributed by atoms with van der Waals surface area (Å²) in [5.74, 6) is -0.756. The number of ketones is 1. The van der Waals surface area contributed by atoms with Gasteiger partial charge in [-0.2, -0.15) is 8.42 Å². The van der Waals surface area contributed by atoms with E-state index < -0.39 is 22.1 Å². The van der Waals surface area contributed by atoms with Crippen molar-refractivity contribution in [2.24, 2.45) is 0 Å². The van der Waals surface area contributed by atoms with Gasteiger partial charge in [0.15, 0.2) is 5.78 Å². The average molecular weight is 484 g/mol. The van der Waals surface area contributed by atoms with Gasteiger partial charge in [0.2, 0.25) is 0 Å². The lowest BCUT2D eigenvalue weighted by molar-refractivity contribution is -0.137. The topological polar surface area (TPSA) is 119 Å². The lowest BCUT2D eigenvalue weighted by atomic mass is 10.00. The summed E-state index contributed by atoms with van der Waals surface area (Å²) in [5, 5.41) is 12.8. The SMILES string of the molecule is CS(=O)(=O)OCCOc1ccc(CC(Nc2ccccc2C(=O)c2ccccc2)C(=O)O)cc1. The standard InChI is InChI=1S/C25H25NO7S/c1-34(30,31)33-16-15-32-20-13-11-18(12-14-20)17-23(25(28)29)26-22-10-6-5-9-21(22)24(27)19-7-3-2-4-8-19/h2-14,23,26H,15-17H2,1H3,(H,28,29). The number of para-hydroxylation sites is 1. The number of carbonyl (C=O) groups excluding carboxylic acids is 1. The highest BCUT2D eigenvalue weighted by Crippen LogP contribution is 2.22. The quantitative estimate of drug-likeness (QED) is 0.229. The lowest BCUT2D eigenvalue weighted by Crippen LogP contribution is -2.32. The monoisotopic (exact) mass is 483 g/mol. The van der Waals surface area contributed by atoms with Crippen molar-refractivity contribution in [3.8, 4) is 5.75 Å². The van der Waals surface area contributed by atoms with Crippen LogP contribution in [-0.4, -0.2) is 50.8 Å². The maximum Gasteiger partial charge on any atom is 0.326 e. The van der Waals surface area contributed by atoms with E-state index in [0.29, 0.717) is 22.6 Å². The van der Waals surface area contributed by atoms with Crippen LogP contribution in [0.1, 0.15) is 21.5 Å². The van der Waals surface area contributed by atoms with E-state index >= 15 is 0 Å². The molecule has 2 N–H and O–H groups in total. The second-order valence-corrected chi connectivity index (χ2v) is 9.14. The molecular weight excluding hydrogens is 458 g/mol. The van der Waals surface area contributed by atoms with Gasteiger partial charge in [-0.05, 0) is 29.8 Å². The van der Waals surface area contributed by atoms with Gasteiger partial charge in [0, 0.05) is 23.2 Å². The zero-order chi connectivity index (χ0) is 24.6. The van der Waals surface area contributed by atoms with Gasteiger partial charge < -0.3 is 15.2 Å². The highest BCUT2D eigenvalue weighted by Gasteiger charge is 2.21. The Labute approximate surface area is 198 Å². The van der Waals surface area contributed by atoms with Crippen molar-refractivity contribution in [1.29, 1.82) is 0 Å². The molecule has 0 aromatic heterocycles. The van der Waals surface area contributed by atoms with Crippen molar-refractivity contribution < 1.29 is 32.0 Å². The Morgan fingerprint density at radius 3 is 2.21 bits per heavy atom. The molecule has 0 spiro atoms. The number of anilines is 1. The molecule has 0 saturated carbocycles. The van der Waals surface area contributed by atoms with Gasteiger partial charge in [0.1, 0.15) is 25.0 Å². The largest absolute Gasteiger partial charge is 0.491 e. The highest BCUT2D eigenvalue weighted by molar-refractivity contribution is 7.85. The van der Waals surface area contributed by atoms with Crippen LogP contribution >= 0.6 is 0 Å². The van der Waals surface area contributed by atoms with Crippen LogP contribution in [0.25, 0.3) is 0 Å². The Morgan fingerprint density at radius 1 is 0.912 bits per heavy atom. The van der Waals surface area contributed by atoms with Crippen molar-refractivity contribution in [2.45, 2.75) is 12.5 Å². The number of nitrogens with one attached hydrogen (secondary N) is 1. The summed E-state index contributed by atoms with van der Waals surface area (Å²) in [4.78, 5) is 24.9. The van der Waals surface area contributed by atoms with Crippen LogP contribution in [0, 0.1) is 0 Å². The van der Waals surface area contributed by atoms with Crippen molar-refractivity contribution >= 4 is 27.6 Å². The van der Waals surface area contributed by atoms with E-state index in [0.717, 1.165) is 11.8 Å². The Balaban J connectivity index is 1.67. The van der Waals surface area contributed by atoms with E-state index in [-0.39, 0.29) is 25.4 Å². The maximum atomic E-state index is 12.9. The Bertz CT molecular complexity index is 1230. The van der Waals surface area contributed by atoms with E-state index in [1.165, 1.54) is 0 Å². The molecule has 0 bridgehead atoms. The van der Waals surface area contributed by atoms with Gasteiger partial charge in [-0.15, -0.1) is 0 Å². The van der Waals surface area contributed by atoms with Crippen LogP contribution in [0.15, 0.2) is 78.9 Å². The summed E-state index contributed by atoms with van der Waals surface area (Å²) in [6, 6.07) is 21.4. The van der Waals surface area contributed by atoms with Crippen molar-refractivity contribution in [3.05, 3.63) is 95.6 Å². The van der Waals surface area contributed by atoms with E-state index in [1.807, 2.05) is 6.07 Å². The highest BCUT2D eigenvalue weighted by atomic mass is 32.2. The molecule has 34 heavy (non-hydrogen) atoms. The number of rotatable bonds is 12. The van der Waals surface area contributed by atoms with Crippen LogP contribution in [0.5, 0.6) is 5.75 Å². The summed E-state index contributed by atoms with van der Waals surface area (Å²) in [6.45, 7) is -0.0509. The molecule has 8 nitrogen and oxygen atoms in total. The van der Waals surface area contributed by atoms with Gasteiger partial charge in [0.05, 0.1) is 6.26 Å². The van der Waals surface area contributed by atoms with Crippen molar-refractivity contribution in [3.63, 3.8) is 0 Å². The number of aliphatic carboxylic acids is 1. The molecular formula is C25H25NO7S.